The van der Waals surface area contributed by atoms with E-state index in [1.165, 1.54) is 19.3 Å². The van der Waals surface area contributed by atoms with Gasteiger partial charge in [-0.1, -0.05) is 26.7 Å². The minimum atomic E-state index is -2.98. The summed E-state index contributed by atoms with van der Waals surface area (Å²) in [5.41, 5.74) is 0. The molecule has 4 rings (SSSR count). The molecule has 0 atom stereocenters. The summed E-state index contributed by atoms with van der Waals surface area (Å²) in [4.78, 5) is 0. The van der Waals surface area contributed by atoms with Gasteiger partial charge in [0.2, 0.25) is 0 Å². The zero-order valence-electron chi connectivity index (χ0n) is 14.4. The Morgan fingerprint density at radius 2 is 1.27 bits per heavy atom. The molecule has 4 fully saturated rings. The van der Waals surface area contributed by atoms with Crippen molar-refractivity contribution < 1.29 is 13.6 Å². The van der Waals surface area contributed by atoms with Crippen LogP contribution in [0.15, 0.2) is 0 Å². The fourth-order valence-electron chi connectivity index (χ4n) is 5.37. The highest BCUT2D eigenvalue weighted by Gasteiger charge is 2.61. The monoisotopic (exact) mass is 328 g/mol. The Balaban J connectivity index is 1.76. The fourth-order valence-corrected chi connectivity index (χ4v) is 8.18. The van der Waals surface area contributed by atoms with Crippen LogP contribution < -0.4 is 0 Å². The summed E-state index contributed by atoms with van der Waals surface area (Å²) in [6, 6.07) is 0. The van der Waals surface area contributed by atoms with Crippen LogP contribution in [0.2, 0.25) is 0 Å². The van der Waals surface area contributed by atoms with Gasteiger partial charge in [0.1, 0.15) is 0 Å². The van der Waals surface area contributed by atoms with Crippen molar-refractivity contribution in [1.82, 2.24) is 0 Å². The molecule has 0 saturated heterocycles. The van der Waals surface area contributed by atoms with Crippen molar-refractivity contribution in [3.05, 3.63) is 0 Å². The van der Waals surface area contributed by atoms with E-state index < -0.39 is 7.60 Å². The van der Waals surface area contributed by atoms with Crippen LogP contribution in [-0.4, -0.2) is 18.4 Å². The molecule has 22 heavy (non-hydrogen) atoms. The summed E-state index contributed by atoms with van der Waals surface area (Å²) in [6.45, 7) is 5.50. The van der Waals surface area contributed by atoms with Gasteiger partial charge >= 0.3 is 7.60 Å². The van der Waals surface area contributed by atoms with Crippen molar-refractivity contribution >= 4 is 7.60 Å². The van der Waals surface area contributed by atoms with Gasteiger partial charge in [-0.05, 0) is 69.1 Å². The second-order valence-corrected chi connectivity index (χ2v) is 10.5. The molecular weight excluding hydrogens is 295 g/mol. The maximum absolute atomic E-state index is 13.8. The van der Waals surface area contributed by atoms with Crippen molar-refractivity contribution in [3.8, 4) is 0 Å². The number of hydrogen-bond donors (Lipinski definition) is 0. The fraction of sp³-hybridized carbons (Fsp3) is 1.00. The normalized spacial score (nSPS) is 36.9. The van der Waals surface area contributed by atoms with Crippen molar-refractivity contribution in [2.24, 2.45) is 17.8 Å². The molecule has 0 aromatic rings. The van der Waals surface area contributed by atoms with E-state index >= 15 is 0 Å². The first-order valence-corrected chi connectivity index (χ1v) is 11.0. The number of unbranched alkanes of at least 4 members (excludes halogenated alkanes) is 2. The van der Waals surface area contributed by atoms with Crippen LogP contribution in [0.25, 0.3) is 0 Å². The van der Waals surface area contributed by atoms with Crippen molar-refractivity contribution in [3.63, 3.8) is 0 Å². The maximum Gasteiger partial charge on any atom is 0.336 e. The van der Waals surface area contributed by atoms with Crippen molar-refractivity contribution in [2.75, 3.05) is 13.2 Å². The van der Waals surface area contributed by atoms with Crippen LogP contribution in [0.3, 0.4) is 0 Å². The lowest BCUT2D eigenvalue weighted by Gasteiger charge is -2.57. The van der Waals surface area contributed by atoms with E-state index in [9.17, 15) is 4.57 Å². The van der Waals surface area contributed by atoms with Crippen LogP contribution in [0.5, 0.6) is 0 Å². The Morgan fingerprint density at radius 1 is 0.864 bits per heavy atom. The van der Waals surface area contributed by atoms with Gasteiger partial charge in [-0.3, -0.25) is 4.57 Å². The zero-order valence-corrected chi connectivity index (χ0v) is 15.3. The van der Waals surface area contributed by atoms with Crippen LogP contribution in [0, 0.1) is 17.8 Å². The summed E-state index contributed by atoms with van der Waals surface area (Å²) in [5.74, 6) is 2.34. The Bertz CT molecular complexity index is 371. The molecule has 4 bridgehead atoms. The van der Waals surface area contributed by atoms with Crippen LogP contribution >= 0.6 is 7.60 Å². The molecule has 0 unspecified atom stereocenters. The lowest BCUT2D eigenvalue weighted by Crippen LogP contribution is -2.50. The molecule has 0 radical (unpaired) electrons. The minimum absolute atomic E-state index is 0.136. The topological polar surface area (TPSA) is 35.5 Å². The maximum atomic E-state index is 13.8. The molecule has 0 amide bonds. The first-order valence-electron chi connectivity index (χ1n) is 9.50. The highest BCUT2D eigenvalue weighted by atomic mass is 31.2. The Labute approximate surface area is 136 Å². The van der Waals surface area contributed by atoms with E-state index in [0.717, 1.165) is 62.7 Å². The predicted octanol–water partition coefficient (Wildman–Crippen LogP) is 5.78. The molecule has 0 aliphatic heterocycles. The SMILES string of the molecule is CCCCOP(=O)(OCCCC)C12CC3CC(CC(C3)C1)C2. The van der Waals surface area contributed by atoms with Gasteiger partial charge < -0.3 is 9.05 Å². The highest BCUT2D eigenvalue weighted by Crippen LogP contribution is 2.73. The summed E-state index contributed by atoms with van der Waals surface area (Å²) in [6.07, 6.45) is 11.5. The second-order valence-electron chi connectivity index (χ2n) is 8.01. The molecule has 4 saturated carbocycles. The average molecular weight is 328 g/mol. The Morgan fingerprint density at radius 3 is 1.64 bits per heavy atom. The van der Waals surface area contributed by atoms with E-state index in [-0.39, 0.29) is 5.16 Å². The largest absolute Gasteiger partial charge is 0.336 e. The lowest BCUT2D eigenvalue weighted by molar-refractivity contribution is 0.0147. The molecule has 4 heteroatoms. The predicted molar refractivity (Wildman–Crippen MR) is 90.2 cm³/mol. The third-order valence-electron chi connectivity index (χ3n) is 6.11. The Kier molecular flexibility index (Phi) is 5.37. The Hall–Kier alpha value is 0.150. The summed E-state index contributed by atoms with van der Waals surface area (Å²) < 4.78 is 25.8. The van der Waals surface area contributed by atoms with Crippen LogP contribution in [0.4, 0.5) is 0 Å². The average Bonchev–Trinajstić information content (AvgIpc) is 2.46. The summed E-state index contributed by atoms with van der Waals surface area (Å²) in [5, 5.41) is -0.136. The van der Waals surface area contributed by atoms with E-state index in [1.54, 1.807) is 0 Å². The van der Waals surface area contributed by atoms with E-state index in [0.29, 0.717) is 13.2 Å². The molecule has 0 heterocycles. The molecule has 0 aromatic heterocycles. The van der Waals surface area contributed by atoms with Crippen LogP contribution in [0.1, 0.15) is 78.1 Å². The van der Waals surface area contributed by atoms with Gasteiger partial charge in [-0.25, -0.2) is 0 Å². The van der Waals surface area contributed by atoms with Gasteiger partial charge in [0.05, 0.1) is 18.4 Å². The van der Waals surface area contributed by atoms with Crippen molar-refractivity contribution in [2.45, 2.75) is 83.2 Å². The van der Waals surface area contributed by atoms with Crippen molar-refractivity contribution in [1.29, 1.82) is 0 Å². The van der Waals surface area contributed by atoms with E-state index in [4.69, 9.17) is 9.05 Å². The van der Waals surface area contributed by atoms with Gasteiger partial charge in [-0.2, -0.15) is 0 Å². The van der Waals surface area contributed by atoms with E-state index in [2.05, 4.69) is 13.8 Å². The smallest absolute Gasteiger partial charge is 0.308 e. The summed E-state index contributed by atoms with van der Waals surface area (Å²) >= 11 is 0. The molecule has 4 aliphatic rings. The standard InChI is InChI=1S/C18H33O3P/c1-3-5-7-20-22(19,21-8-6-4-2)18-12-15-9-16(13-18)11-17(10-15)14-18/h15-17H,3-14H2,1-2H3. The molecular formula is C18H33O3P. The quantitative estimate of drug-likeness (QED) is 0.397. The van der Waals surface area contributed by atoms with E-state index in [1.807, 2.05) is 0 Å². The molecule has 128 valence electrons. The van der Waals surface area contributed by atoms with Gasteiger partial charge in [0.25, 0.3) is 0 Å². The first-order chi connectivity index (χ1) is 10.6. The number of rotatable bonds is 9. The van der Waals surface area contributed by atoms with Gasteiger partial charge in [0, 0.05) is 0 Å². The third kappa shape index (κ3) is 3.19. The lowest BCUT2D eigenvalue weighted by atomic mass is 9.56. The molecule has 0 N–H and O–H groups in total. The highest BCUT2D eigenvalue weighted by molar-refractivity contribution is 7.55. The second kappa shape index (κ2) is 6.95. The molecule has 4 aliphatic carbocycles. The summed E-state index contributed by atoms with van der Waals surface area (Å²) in [7, 11) is -2.98. The minimum Gasteiger partial charge on any atom is -0.308 e. The van der Waals surface area contributed by atoms with Crippen LogP contribution in [-0.2, 0) is 13.6 Å². The zero-order chi connectivity index (χ0) is 15.6. The van der Waals surface area contributed by atoms with Gasteiger partial charge in [-0.15, -0.1) is 0 Å². The third-order valence-corrected chi connectivity index (χ3v) is 8.86. The molecule has 3 nitrogen and oxygen atoms in total. The van der Waals surface area contributed by atoms with Gasteiger partial charge in [0.15, 0.2) is 0 Å². The molecule has 0 aromatic carbocycles. The number of hydrogen-bond acceptors (Lipinski definition) is 3. The molecule has 0 spiro atoms. The first kappa shape index (κ1) is 17.0.